The molecule has 0 aromatic heterocycles. The molecule has 0 amide bonds. The van der Waals surface area contributed by atoms with Gasteiger partial charge in [0.25, 0.3) is 0 Å². The fraction of sp³-hybridized carbons (Fsp3) is 1.00. The summed E-state index contributed by atoms with van der Waals surface area (Å²) in [6.07, 6.45) is 3.61. The van der Waals surface area contributed by atoms with Crippen LogP contribution in [0, 0.1) is 5.92 Å². The predicted molar refractivity (Wildman–Crippen MR) is 43.8 cm³/mol. The maximum atomic E-state index is 5.82. The smallest absolute Gasteiger partial charge is 0.00749 e. The molecule has 1 fully saturated rings. The highest BCUT2D eigenvalue weighted by atomic mass is 32.1. The molecule has 0 aromatic rings. The third-order valence-electron chi connectivity index (χ3n) is 2.23. The first-order chi connectivity index (χ1) is 4.20. The Hall–Kier alpha value is 0.310. The lowest BCUT2D eigenvalue weighted by molar-refractivity contribution is 0.339. The largest absolute Gasteiger partial charge is 0.327 e. The van der Waals surface area contributed by atoms with Crippen molar-refractivity contribution in [1.29, 1.82) is 0 Å². The highest BCUT2D eigenvalue weighted by molar-refractivity contribution is 7.80. The van der Waals surface area contributed by atoms with E-state index in [1.807, 2.05) is 0 Å². The van der Waals surface area contributed by atoms with E-state index < -0.39 is 0 Å². The van der Waals surface area contributed by atoms with Gasteiger partial charge in [0.05, 0.1) is 0 Å². The van der Waals surface area contributed by atoms with Gasteiger partial charge in [0.1, 0.15) is 0 Å². The minimum absolute atomic E-state index is 0.404. The van der Waals surface area contributed by atoms with Gasteiger partial charge >= 0.3 is 0 Å². The van der Waals surface area contributed by atoms with Crippen molar-refractivity contribution in [2.75, 3.05) is 0 Å². The molecule has 1 aliphatic carbocycles. The molecule has 0 heterocycles. The summed E-state index contributed by atoms with van der Waals surface area (Å²) in [5, 5.41) is 0.566. The fourth-order valence-electron chi connectivity index (χ4n) is 1.33. The van der Waals surface area contributed by atoms with Crippen molar-refractivity contribution in [3.8, 4) is 0 Å². The summed E-state index contributed by atoms with van der Waals surface area (Å²) in [6.45, 7) is 2.23. The van der Waals surface area contributed by atoms with Gasteiger partial charge in [0, 0.05) is 11.3 Å². The van der Waals surface area contributed by atoms with E-state index in [0.717, 1.165) is 6.42 Å². The van der Waals surface area contributed by atoms with Crippen LogP contribution in [0.1, 0.15) is 26.2 Å². The molecular weight excluding hydrogens is 130 g/mol. The van der Waals surface area contributed by atoms with E-state index in [1.165, 1.54) is 12.8 Å². The van der Waals surface area contributed by atoms with Crippen molar-refractivity contribution in [3.63, 3.8) is 0 Å². The summed E-state index contributed by atoms with van der Waals surface area (Å²) in [7, 11) is 0. The van der Waals surface area contributed by atoms with Crippen molar-refractivity contribution in [1.82, 2.24) is 0 Å². The van der Waals surface area contributed by atoms with Crippen LogP contribution < -0.4 is 5.73 Å². The lowest BCUT2D eigenvalue weighted by atomic mass is 9.86. The van der Waals surface area contributed by atoms with Gasteiger partial charge in [-0.1, -0.05) is 6.92 Å². The molecule has 2 N–H and O–H groups in total. The Morgan fingerprint density at radius 2 is 2.11 bits per heavy atom. The first kappa shape index (κ1) is 7.42. The van der Waals surface area contributed by atoms with Gasteiger partial charge in [-0.3, -0.25) is 0 Å². The van der Waals surface area contributed by atoms with Crippen LogP contribution in [-0.2, 0) is 0 Å². The van der Waals surface area contributed by atoms with Crippen molar-refractivity contribution < 1.29 is 0 Å². The zero-order chi connectivity index (χ0) is 6.85. The van der Waals surface area contributed by atoms with Gasteiger partial charge in [0.2, 0.25) is 0 Å². The zero-order valence-electron chi connectivity index (χ0n) is 5.88. The van der Waals surface area contributed by atoms with Crippen LogP contribution in [0.2, 0.25) is 0 Å². The topological polar surface area (TPSA) is 26.0 Å². The maximum absolute atomic E-state index is 5.82. The average Bonchev–Trinajstić information content (AvgIpc) is 1.80. The van der Waals surface area contributed by atoms with Gasteiger partial charge in [-0.15, -0.1) is 0 Å². The number of thiol groups is 1. The Labute approximate surface area is 62.4 Å². The number of nitrogens with two attached hydrogens (primary N) is 1. The van der Waals surface area contributed by atoms with E-state index in [9.17, 15) is 0 Å². The van der Waals surface area contributed by atoms with E-state index in [0.29, 0.717) is 17.2 Å². The van der Waals surface area contributed by atoms with Crippen LogP contribution in [-0.4, -0.2) is 11.3 Å². The van der Waals surface area contributed by atoms with E-state index in [-0.39, 0.29) is 0 Å². The highest BCUT2D eigenvalue weighted by Crippen LogP contribution is 2.25. The SMILES string of the molecule is CC1CCC(S)CC1N. The lowest BCUT2D eigenvalue weighted by Crippen LogP contribution is -2.35. The van der Waals surface area contributed by atoms with Crippen molar-refractivity contribution in [2.24, 2.45) is 11.7 Å². The Balaban J connectivity index is 2.35. The molecular formula is C7H15NS. The third kappa shape index (κ3) is 1.87. The highest BCUT2D eigenvalue weighted by Gasteiger charge is 2.21. The maximum Gasteiger partial charge on any atom is 0.00749 e. The first-order valence-corrected chi connectivity index (χ1v) is 4.15. The Bertz CT molecular complexity index is 94.9. The molecule has 0 saturated heterocycles. The minimum atomic E-state index is 0.404. The quantitative estimate of drug-likeness (QED) is 0.495. The van der Waals surface area contributed by atoms with Gasteiger partial charge in [-0.05, 0) is 25.2 Å². The van der Waals surface area contributed by atoms with E-state index in [4.69, 9.17) is 5.73 Å². The number of rotatable bonds is 0. The standard InChI is InChI=1S/C7H15NS/c1-5-2-3-6(9)4-7(5)8/h5-7,9H,2-4,8H2,1H3. The average molecular weight is 145 g/mol. The zero-order valence-corrected chi connectivity index (χ0v) is 6.77. The fourth-order valence-corrected chi connectivity index (χ4v) is 1.73. The molecule has 2 heteroatoms. The molecule has 3 atom stereocenters. The molecule has 0 bridgehead atoms. The Morgan fingerprint density at radius 3 is 2.56 bits per heavy atom. The summed E-state index contributed by atoms with van der Waals surface area (Å²) in [6, 6.07) is 0.404. The van der Waals surface area contributed by atoms with Crippen LogP contribution in [0.4, 0.5) is 0 Å². The summed E-state index contributed by atoms with van der Waals surface area (Å²) in [5.41, 5.74) is 5.82. The van der Waals surface area contributed by atoms with Crippen LogP contribution in [0.3, 0.4) is 0 Å². The normalized spacial score (nSPS) is 45.0. The van der Waals surface area contributed by atoms with Gasteiger partial charge in [-0.2, -0.15) is 12.6 Å². The van der Waals surface area contributed by atoms with Crippen molar-refractivity contribution in [3.05, 3.63) is 0 Å². The second kappa shape index (κ2) is 2.93. The Kier molecular flexibility index (Phi) is 2.42. The lowest BCUT2D eigenvalue weighted by Gasteiger charge is -2.28. The molecule has 1 nitrogen and oxygen atoms in total. The molecule has 0 radical (unpaired) electrons. The third-order valence-corrected chi connectivity index (χ3v) is 2.70. The van der Waals surface area contributed by atoms with Crippen molar-refractivity contribution >= 4 is 12.6 Å². The molecule has 3 unspecified atom stereocenters. The number of hydrogen-bond acceptors (Lipinski definition) is 2. The molecule has 1 rings (SSSR count). The van der Waals surface area contributed by atoms with Crippen LogP contribution in [0.5, 0.6) is 0 Å². The predicted octanol–water partition coefficient (Wildman–Crippen LogP) is 1.43. The van der Waals surface area contributed by atoms with Gasteiger partial charge in [-0.25, -0.2) is 0 Å². The molecule has 9 heavy (non-hydrogen) atoms. The monoisotopic (exact) mass is 145 g/mol. The van der Waals surface area contributed by atoms with E-state index >= 15 is 0 Å². The second-order valence-electron chi connectivity index (χ2n) is 3.11. The van der Waals surface area contributed by atoms with Gasteiger partial charge in [0.15, 0.2) is 0 Å². The van der Waals surface area contributed by atoms with E-state index in [1.54, 1.807) is 0 Å². The first-order valence-electron chi connectivity index (χ1n) is 3.64. The van der Waals surface area contributed by atoms with Crippen LogP contribution in [0.25, 0.3) is 0 Å². The summed E-state index contributed by atoms with van der Waals surface area (Å²) in [5.74, 6) is 0.716. The molecule has 54 valence electrons. The molecule has 0 aliphatic heterocycles. The summed E-state index contributed by atoms with van der Waals surface area (Å²) in [4.78, 5) is 0. The summed E-state index contributed by atoms with van der Waals surface area (Å²) >= 11 is 4.38. The number of hydrogen-bond donors (Lipinski definition) is 2. The summed E-state index contributed by atoms with van der Waals surface area (Å²) < 4.78 is 0. The molecule has 1 aliphatic rings. The van der Waals surface area contributed by atoms with Crippen LogP contribution in [0.15, 0.2) is 0 Å². The Morgan fingerprint density at radius 1 is 1.44 bits per heavy atom. The molecule has 0 spiro atoms. The minimum Gasteiger partial charge on any atom is -0.327 e. The molecule has 0 aromatic carbocycles. The van der Waals surface area contributed by atoms with Gasteiger partial charge < -0.3 is 5.73 Å². The van der Waals surface area contributed by atoms with Crippen molar-refractivity contribution in [2.45, 2.75) is 37.5 Å². The van der Waals surface area contributed by atoms with Crippen LogP contribution >= 0.6 is 12.6 Å². The molecule has 1 saturated carbocycles. The second-order valence-corrected chi connectivity index (χ2v) is 3.84. The van der Waals surface area contributed by atoms with E-state index in [2.05, 4.69) is 19.6 Å².